The first-order valence-electron chi connectivity index (χ1n) is 5.62. The number of pyridine rings is 1. The molecule has 4 nitrogen and oxygen atoms in total. The molecule has 1 heterocycles. The number of hydrogen-bond donors (Lipinski definition) is 2. The molecule has 2 N–H and O–H groups in total. The summed E-state index contributed by atoms with van der Waals surface area (Å²) in [5.74, 6) is -0.155. The molecule has 1 aromatic carbocycles. The Morgan fingerprint density at radius 2 is 2.11 bits per heavy atom. The van der Waals surface area contributed by atoms with Gasteiger partial charge in [0.05, 0.1) is 24.2 Å². The number of rotatable bonds is 4. The van der Waals surface area contributed by atoms with Crippen LogP contribution < -0.4 is 5.32 Å². The highest BCUT2D eigenvalue weighted by Gasteiger charge is 2.05. The van der Waals surface area contributed by atoms with Crippen LogP contribution >= 0.6 is 11.6 Å². The molecule has 0 aliphatic heterocycles. The van der Waals surface area contributed by atoms with Crippen LogP contribution in [0.2, 0.25) is 5.02 Å². The number of nitrogens with zero attached hydrogens (tertiary/aromatic N) is 1. The minimum atomic E-state index is -0.155. The Hall–Kier alpha value is -1.65. The van der Waals surface area contributed by atoms with Gasteiger partial charge >= 0.3 is 0 Å². The van der Waals surface area contributed by atoms with E-state index in [2.05, 4.69) is 10.3 Å². The summed E-state index contributed by atoms with van der Waals surface area (Å²) in [6, 6.07) is 9.19. The number of aromatic nitrogens is 1. The molecule has 0 aliphatic rings. The third-order valence-corrected chi connectivity index (χ3v) is 2.72. The Bertz CT molecular complexity index is 572. The van der Waals surface area contributed by atoms with Gasteiger partial charge < -0.3 is 10.4 Å². The first kappa shape index (κ1) is 12.8. The van der Waals surface area contributed by atoms with Crippen molar-refractivity contribution in [1.29, 1.82) is 0 Å². The summed E-state index contributed by atoms with van der Waals surface area (Å²) in [5.41, 5.74) is 1.45. The van der Waals surface area contributed by atoms with Crippen LogP contribution in [0.25, 0.3) is 10.9 Å². The van der Waals surface area contributed by atoms with Gasteiger partial charge in [0.15, 0.2) is 0 Å². The number of aliphatic hydroxyl groups excluding tert-OH is 1. The van der Waals surface area contributed by atoms with Gasteiger partial charge in [-0.3, -0.25) is 9.78 Å². The molecule has 0 atom stereocenters. The van der Waals surface area contributed by atoms with E-state index in [4.69, 9.17) is 16.7 Å². The number of nitrogens with one attached hydrogen (secondary N) is 1. The van der Waals surface area contributed by atoms with E-state index in [1.165, 1.54) is 0 Å². The number of fused-ring (bicyclic) bond motifs is 1. The molecule has 0 saturated heterocycles. The van der Waals surface area contributed by atoms with Crippen molar-refractivity contribution in [2.75, 3.05) is 13.2 Å². The Balaban J connectivity index is 2.16. The second-order valence-electron chi connectivity index (χ2n) is 3.89. The largest absolute Gasteiger partial charge is 0.395 e. The second kappa shape index (κ2) is 5.80. The number of benzene rings is 1. The van der Waals surface area contributed by atoms with Crippen molar-refractivity contribution in [1.82, 2.24) is 10.3 Å². The number of hydrogen-bond acceptors (Lipinski definition) is 3. The summed E-state index contributed by atoms with van der Waals surface area (Å²) in [6.45, 7) is 0.199. The predicted molar refractivity (Wildman–Crippen MR) is 70.6 cm³/mol. The second-order valence-corrected chi connectivity index (χ2v) is 4.33. The third kappa shape index (κ3) is 3.18. The maximum Gasteiger partial charge on any atom is 0.226 e. The zero-order chi connectivity index (χ0) is 13.0. The van der Waals surface area contributed by atoms with E-state index in [1.807, 2.05) is 18.2 Å². The van der Waals surface area contributed by atoms with Crippen molar-refractivity contribution < 1.29 is 9.90 Å². The first-order valence-corrected chi connectivity index (χ1v) is 5.99. The smallest absolute Gasteiger partial charge is 0.226 e. The lowest BCUT2D eigenvalue weighted by Crippen LogP contribution is -2.28. The minimum absolute atomic E-state index is 0.0630. The van der Waals surface area contributed by atoms with Crippen LogP contribution in [0.4, 0.5) is 0 Å². The molecule has 2 rings (SSSR count). The Morgan fingerprint density at radius 1 is 1.33 bits per heavy atom. The summed E-state index contributed by atoms with van der Waals surface area (Å²) in [6.07, 6.45) is 0.197. The van der Waals surface area contributed by atoms with Crippen molar-refractivity contribution in [3.63, 3.8) is 0 Å². The number of amides is 1. The SMILES string of the molecule is O=C(Cc1ccc2ccc(Cl)cc2n1)NCCO. The molecule has 94 valence electrons. The number of aliphatic hydroxyl groups is 1. The van der Waals surface area contributed by atoms with Gasteiger partial charge in [0.2, 0.25) is 5.91 Å². The summed E-state index contributed by atoms with van der Waals surface area (Å²) >= 11 is 5.90. The highest BCUT2D eigenvalue weighted by Crippen LogP contribution is 2.18. The van der Waals surface area contributed by atoms with E-state index >= 15 is 0 Å². The Labute approximate surface area is 110 Å². The predicted octanol–water partition coefficient (Wildman–Crippen LogP) is 1.54. The van der Waals surface area contributed by atoms with Gasteiger partial charge in [-0.2, -0.15) is 0 Å². The van der Waals surface area contributed by atoms with E-state index in [0.717, 1.165) is 10.9 Å². The average molecular weight is 265 g/mol. The van der Waals surface area contributed by atoms with Crippen LogP contribution in [-0.2, 0) is 11.2 Å². The van der Waals surface area contributed by atoms with E-state index in [0.29, 0.717) is 10.7 Å². The third-order valence-electron chi connectivity index (χ3n) is 2.49. The lowest BCUT2D eigenvalue weighted by Gasteiger charge is -2.04. The molecule has 1 amide bonds. The van der Waals surface area contributed by atoms with Crippen molar-refractivity contribution in [3.05, 3.63) is 41.0 Å². The zero-order valence-corrected chi connectivity index (χ0v) is 10.4. The summed E-state index contributed by atoms with van der Waals surface area (Å²) in [4.78, 5) is 15.9. The average Bonchev–Trinajstić information content (AvgIpc) is 2.36. The van der Waals surface area contributed by atoms with Gasteiger partial charge in [-0.25, -0.2) is 0 Å². The lowest BCUT2D eigenvalue weighted by atomic mass is 10.2. The van der Waals surface area contributed by atoms with Crippen LogP contribution in [0, 0.1) is 0 Å². The van der Waals surface area contributed by atoms with Crippen LogP contribution in [0.3, 0.4) is 0 Å². The molecule has 18 heavy (non-hydrogen) atoms. The number of carbonyl (C=O) groups excluding carboxylic acids is 1. The van der Waals surface area contributed by atoms with E-state index in [1.54, 1.807) is 12.1 Å². The Morgan fingerprint density at radius 3 is 2.89 bits per heavy atom. The van der Waals surface area contributed by atoms with Crippen molar-refractivity contribution in [3.8, 4) is 0 Å². The van der Waals surface area contributed by atoms with Crippen LogP contribution in [0.5, 0.6) is 0 Å². The molecule has 0 saturated carbocycles. The lowest BCUT2D eigenvalue weighted by molar-refractivity contribution is -0.120. The summed E-state index contributed by atoms with van der Waals surface area (Å²) < 4.78 is 0. The fourth-order valence-corrected chi connectivity index (χ4v) is 1.82. The van der Waals surface area contributed by atoms with Crippen molar-refractivity contribution in [2.24, 2.45) is 0 Å². The highest BCUT2D eigenvalue weighted by molar-refractivity contribution is 6.31. The number of halogens is 1. The molecule has 0 spiro atoms. The molecular weight excluding hydrogens is 252 g/mol. The molecule has 1 aromatic heterocycles. The normalized spacial score (nSPS) is 10.6. The van der Waals surface area contributed by atoms with Crippen molar-refractivity contribution >= 4 is 28.4 Å². The topological polar surface area (TPSA) is 62.2 Å². The van der Waals surface area contributed by atoms with Gasteiger partial charge in [-0.1, -0.05) is 23.7 Å². The van der Waals surface area contributed by atoms with Crippen molar-refractivity contribution in [2.45, 2.75) is 6.42 Å². The highest BCUT2D eigenvalue weighted by atomic mass is 35.5. The van der Waals surface area contributed by atoms with Gasteiger partial charge in [-0.15, -0.1) is 0 Å². The number of carbonyl (C=O) groups is 1. The Kier molecular flexibility index (Phi) is 4.12. The van der Waals surface area contributed by atoms with Gasteiger partial charge in [0.25, 0.3) is 0 Å². The minimum Gasteiger partial charge on any atom is -0.395 e. The molecule has 0 fully saturated rings. The molecule has 0 aliphatic carbocycles. The van der Waals surface area contributed by atoms with E-state index in [9.17, 15) is 4.79 Å². The van der Waals surface area contributed by atoms with Crippen LogP contribution in [0.1, 0.15) is 5.69 Å². The van der Waals surface area contributed by atoms with Crippen LogP contribution in [-0.4, -0.2) is 29.1 Å². The molecule has 0 bridgehead atoms. The van der Waals surface area contributed by atoms with E-state index in [-0.39, 0.29) is 25.5 Å². The fraction of sp³-hybridized carbons (Fsp3) is 0.231. The van der Waals surface area contributed by atoms with Gasteiger partial charge in [0, 0.05) is 17.0 Å². The van der Waals surface area contributed by atoms with Gasteiger partial charge in [0.1, 0.15) is 0 Å². The molecular formula is C13H13ClN2O2. The van der Waals surface area contributed by atoms with Gasteiger partial charge in [-0.05, 0) is 18.2 Å². The summed E-state index contributed by atoms with van der Waals surface area (Å²) in [5, 5.41) is 12.8. The monoisotopic (exact) mass is 264 g/mol. The maximum absolute atomic E-state index is 11.5. The molecule has 0 radical (unpaired) electrons. The van der Waals surface area contributed by atoms with E-state index < -0.39 is 0 Å². The molecule has 5 heteroatoms. The maximum atomic E-state index is 11.5. The van der Waals surface area contributed by atoms with Crippen LogP contribution in [0.15, 0.2) is 30.3 Å². The molecule has 2 aromatic rings. The standard InChI is InChI=1S/C13H13ClN2O2/c14-10-3-1-9-2-4-11(16-12(9)7-10)8-13(18)15-5-6-17/h1-4,7,17H,5-6,8H2,(H,15,18). The zero-order valence-electron chi connectivity index (χ0n) is 9.69. The molecule has 0 unspecified atom stereocenters. The quantitative estimate of drug-likeness (QED) is 0.881. The fourth-order valence-electron chi connectivity index (χ4n) is 1.65. The summed E-state index contributed by atoms with van der Waals surface area (Å²) in [7, 11) is 0. The first-order chi connectivity index (χ1) is 8.69.